The predicted octanol–water partition coefficient (Wildman–Crippen LogP) is 6.07. The largest absolute Gasteiger partial charge is 0.490 e. The minimum Gasteiger partial charge on any atom is -0.490 e. The van der Waals surface area contributed by atoms with E-state index in [1.165, 1.54) is 35.9 Å². The van der Waals surface area contributed by atoms with Gasteiger partial charge in [-0.25, -0.2) is 8.42 Å². The van der Waals surface area contributed by atoms with Gasteiger partial charge in [-0.3, -0.25) is 14.4 Å². The number of rotatable bonds is 9. The molecule has 3 aromatic rings. The predicted molar refractivity (Wildman–Crippen MR) is 182 cm³/mol. The van der Waals surface area contributed by atoms with Crippen molar-refractivity contribution in [1.29, 1.82) is 0 Å². The van der Waals surface area contributed by atoms with Crippen molar-refractivity contribution in [1.82, 2.24) is 9.80 Å². The molecule has 1 heterocycles. The van der Waals surface area contributed by atoms with E-state index in [9.17, 15) is 18.3 Å². The SMILES string of the molecule is C[C@@H]1CCCCO[C@@H](CN(C)Cc2ccccc2)[C@@H](C)CN([C@H](C)CO)C(=O)c2cc(NS(=O)(=O)c3ccc(Cl)cc3)ccc2O1. The molecule has 0 unspecified atom stereocenters. The van der Waals surface area contributed by atoms with E-state index in [1.807, 2.05) is 25.1 Å². The Bertz CT molecular complexity index is 1520. The number of likely N-dealkylation sites (N-methyl/N-ethyl adjacent to an activating group) is 1. The number of hydrogen-bond acceptors (Lipinski definition) is 7. The summed E-state index contributed by atoms with van der Waals surface area (Å²) in [5.41, 5.74) is 1.64. The number of aliphatic hydroxyl groups is 1. The third-order valence-electron chi connectivity index (χ3n) is 8.21. The summed E-state index contributed by atoms with van der Waals surface area (Å²) in [6.45, 7) is 7.91. The van der Waals surface area contributed by atoms with Gasteiger partial charge in [0.1, 0.15) is 5.75 Å². The van der Waals surface area contributed by atoms with Crippen LogP contribution in [0, 0.1) is 5.92 Å². The molecule has 46 heavy (non-hydrogen) atoms. The van der Waals surface area contributed by atoms with Crippen molar-refractivity contribution in [3.63, 3.8) is 0 Å². The number of hydrogen-bond donors (Lipinski definition) is 2. The lowest BCUT2D eigenvalue weighted by Gasteiger charge is -2.36. The molecule has 1 aliphatic rings. The highest BCUT2D eigenvalue weighted by Gasteiger charge is 2.30. The molecule has 0 radical (unpaired) electrons. The van der Waals surface area contributed by atoms with Gasteiger partial charge in [0.2, 0.25) is 0 Å². The molecule has 0 bridgehead atoms. The summed E-state index contributed by atoms with van der Waals surface area (Å²) < 4.78 is 41.6. The highest BCUT2D eigenvalue weighted by Crippen LogP contribution is 2.30. The molecule has 4 rings (SSSR count). The van der Waals surface area contributed by atoms with Gasteiger partial charge in [0.05, 0.1) is 35.3 Å². The van der Waals surface area contributed by atoms with Gasteiger partial charge < -0.3 is 19.5 Å². The molecule has 11 heteroatoms. The number of carbonyl (C=O) groups is 1. The van der Waals surface area contributed by atoms with E-state index < -0.39 is 16.1 Å². The fourth-order valence-corrected chi connectivity index (χ4v) is 6.72. The zero-order valence-corrected chi connectivity index (χ0v) is 28.6. The van der Waals surface area contributed by atoms with E-state index in [-0.39, 0.29) is 46.8 Å². The number of halogens is 1. The van der Waals surface area contributed by atoms with E-state index in [1.54, 1.807) is 24.0 Å². The number of nitrogens with one attached hydrogen (secondary N) is 1. The van der Waals surface area contributed by atoms with Gasteiger partial charge in [0, 0.05) is 42.9 Å². The number of fused-ring (bicyclic) bond motifs is 1. The molecule has 0 aliphatic carbocycles. The van der Waals surface area contributed by atoms with Crippen LogP contribution in [-0.4, -0.2) is 80.8 Å². The van der Waals surface area contributed by atoms with Gasteiger partial charge in [-0.2, -0.15) is 0 Å². The Balaban J connectivity index is 1.64. The number of aliphatic hydroxyl groups excluding tert-OH is 1. The maximum absolute atomic E-state index is 14.3. The van der Waals surface area contributed by atoms with Crippen molar-refractivity contribution in [3.8, 4) is 5.75 Å². The molecule has 0 spiro atoms. The lowest BCUT2D eigenvalue weighted by Crippen LogP contribution is -2.47. The van der Waals surface area contributed by atoms with Crippen LogP contribution in [0.3, 0.4) is 0 Å². The Morgan fingerprint density at radius 1 is 1.07 bits per heavy atom. The molecular weight excluding hydrogens is 626 g/mol. The Kier molecular flexibility index (Phi) is 12.9. The van der Waals surface area contributed by atoms with Crippen LogP contribution in [-0.2, 0) is 21.3 Å². The smallest absolute Gasteiger partial charge is 0.261 e. The maximum atomic E-state index is 14.3. The van der Waals surface area contributed by atoms with Crippen molar-refractivity contribution < 1.29 is 27.8 Å². The summed E-state index contributed by atoms with van der Waals surface area (Å²) in [6.07, 6.45) is 2.16. The van der Waals surface area contributed by atoms with Crippen LogP contribution in [0.4, 0.5) is 5.69 Å². The van der Waals surface area contributed by atoms with E-state index >= 15 is 0 Å². The van der Waals surface area contributed by atoms with Crippen LogP contribution in [0.2, 0.25) is 5.02 Å². The molecule has 0 fully saturated rings. The van der Waals surface area contributed by atoms with Crippen LogP contribution in [0.5, 0.6) is 5.75 Å². The van der Waals surface area contributed by atoms with Crippen molar-refractivity contribution in [2.45, 2.75) is 69.7 Å². The fourth-order valence-electron chi connectivity index (χ4n) is 5.54. The first-order valence-corrected chi connectivity index (χ1v) is 17.7. The number of sulfonamides is 1. The number of amides is 1. The van der Waals surface area contributed by atoms with Crippen molar-refractivity contribution in [2.24, 2.45) is 5.92 Å². The quantitative estimate of drug-likeness (QED) is 0.284. The molecule has 2 N–H and O–H groups in total. The lowest BCUT2D eigenvalue weighted by atomic mass is 10.0. The molecule has 0 aromatic heterocycles. The van der Waals surface area contributed by atoms with Crippen LogP contribution in [0.25, 0.3) is 0 Å². The van der Waals surface area contributed by atoms with Gasteiger partial charge in [-0.15, -0.1) is 0 Å². The third kappa shape index (κ3) is 9.92. The zero-order valence-electron chi connectivity index (χ0n) is 27.1. The van der Waals surface area contributed by atoms with E-state index in [4.69, 9.17) is 21.1 Å². The zero-order chi connectivity index (χ0) is 33.3. The van der Waals surface area contributed by atoms with Gasteiger partial charge >= 0.3 is 0 Å². The second kappa shape index (κ2) is 16.6. The first kappa shape index (κ1) is 35.7. The minimum atomic E-state index is -3.95. The fraction of sp³-hybridized carbons (Fsp3) is 0.457. The lowest BCUT2D eigenvalue weighted by molar-refractivity contribution is -0.0177. The summed E-state index contributed by atoms with van der Waals surface area (Å²) in [7, 11) is -1.89. The first-order chi connectivity index (χ1) is 22.0. The van der Waals surface area contributed by atoms with Gasteiger partial charge in [0.25, 0.3) is 15.9 Å². The Hall–Kier alpha value is -3.15. The van der Waals surface area contributed by atoms with E-state index in [0.717, 1.165) is 25.8 Å². The standard InChI is InChI=1S/C35H46ClN3O6S/c1-25-21-39(26(2)24-40)35(41)32-20-30(37-46(42,43)31-16-13-29(36)14-17-31)15-18-33(32)45-27(3)10-8-9-19-44-34(25)23-38(4)22-28-11-6-5-7-12-28/h5-7,11-18,20,25-27,34,37,40H,8-10,19,21-24H2,1-4H3/t25-,26+,27+,34-/m0/s1. The summed E-state index contributed by atoms with van der Waals surface area (Å²) in [5, 5.41) is 10.6. The Morgan fingerprint density at radius 2 is 1.78 bits per heavy atom. The number of anilines is 1. The number of benzene rings is 3. The molecule has 0 saturated heterocycles. The number of carbonyl (C=O) groups excluding carboxylic acids is 1. The average molecular weight is 672 g/mol. The summed E-state index contributed by atoms with van der Waals surface area (Å²) in [4.78, 5) is 18.2. The first-order valence-electron chi connectivity index (χ1n) is 15.8. The molecular formula is C35H46ClN3O6S. The molecule has 1 amide bonds. The van der Waals surface area contributed by atoms with E-state index in [0.29, 0.717) is 30.5 Å². The Morgan fingerprint density at radius 3 is 2.48 bits per heavy atom. The van der Waals surface area contributed by atoms with Gasteiger partial charge in [-0.05, 0) is 88.2 Å². The molecule has 250 valence electrons. The average Bonchev–Trinajstić information content (AvgIpc) is 3.03. The van der Waals surface area contributed by atoms with E-state index in [2.05, 4.69) is 35.7 Å². The summed E-state index contributed by atoms with van der Waals surface area (Å²) in [6, 6.07) is 20.3. The normalized spacial score (nSPS) is 20.8. The highest BCUT2D eigenvalue weighted by atomic mass is 35.5. The second-order valence-electron chi connectivity index (χ2n) is 12.3. The second-order valence-corrected chi connectivity index (χ2v) is 14.4. The van der Waals surface area contributed by atoms with Gasteiger partial charge in [0.15, 0.2) is 0 Å². The monoisotopic (exact) mass is 671 g/mol. The molecule has 9 nitrogen and oxygen atoms in total. The van der Waals surface area contributed by atoms with Crippen molar-refractivity contribution >= 4 is 33.2 Å². The topological polar surface area (TPSA) is 108 Å². The summed E-state index contributed by atoms with van der Waals surface area (Å²) in [5.74, 6) is -0.0761. The summed E-state index contributed by atoms with van der Waals surface area (Å²) >= 11 is 5.95. The van der Waals surface area contributed by atoms with Crippen LogP contribution < -0.4 is 9.46 Å². The van der Waals surface area contributed by atoms with Crippen LogP contribution in [0.15, 0.2) is 77.7 Å². The van der Waals surface area contributed by atoms with Crippen LogP contribution >= 0.6 is 11.6 Å². The van der Waals surface area contributed by atoms with Crippen molar-refractivity contribution in [2.75, 3.05) is 38.1 Å². The van der Waals surface area contributed by atoms with Crippen LogP contribution in [0.1, 0.15) is 56.0 Å². The number of nitrogens with zero attached hydrogens (tertiary/aromatic N) is 2. The molecule has 0 saturated carbocycles. The maximum Gasteiger partial charge on any atom is 0.261 e. The highest BCUT2D eigenvalue weighted by molar-refractivity contribution is 7.92. The minimum absolute atomic E-state index is 0.0424. The Labute approximate surface area is 278 Å². The molecule has 1 aliphatic heterocycles. The molecule has 4 atom stereocenters. The van der Waals surface area contributed by atoms with Gasteiger partial charge in [-0.1, -0.05) is 48.9 Å². The number of ether oxygens (including phenoxy) is 2. The van der Waals surface area contributed by atoms with Crippen molar-refractivity contribution in [3.05, 3.63) is 88.9 Å². The third-order valence-corrected chi connectivity index (χ3v) is 9.86. The molecule has 3 aromatic carbocycles.